The van der Waals surface area contributed by atoms with E-state index in [0.29, 0.717) is 12.8 Å². The monoisotopic (exact) mass is 648 g/mol. The van der Waals surface area contributed by atoms with Gasteiger partial charge in [0.1, 0.15) is 6.10 Å². The summed E-state index contributed by atoms with van der Waals surface area (Å²) in [4.78, 5) is 45.6. The highest BCUT2D eigenvalue weighted by Crippen LogP contribution is 2.44. The van der Waals surface area contributed by atoms with E-state index in [1.165, 1.54) is 103 Å². The normalized spacial score (nSPS) is 13.0. The highest BCUT2D eigenvalue weighted by atomic mass is 31.2. The first-order valence-corrected chi connectivity index (χ1v) is 19.8. The molecule has 4 N–H and O–H groups in total. The van der Waals surface area contributed by atoms with Crippen molar-refractivity contribution in [2.75, 3.05) is 6.61 Å². The molecular formula is C35H69O8P. The number of Topliss-reactive ketones (excluding diaryl/α,β-unsaturated/α-hetero) is 2. The SMILES string of the molecule is CCCCCCCCCCCCCCCC(=O)C(OP(=O)(O)O)(C(=O)CCCCCCCCCCCCCCC)[C@@H](O)CO. The van der Waals surface area contributed by atoms with Crippen LogP contribution in [0.15, 0.2) is 0 Å². The quantitative estimate of drug-likeness (QED) is 0.0307. The van der Waals surface area contributed by atoms with Crippen molar-refractivity contribution in [2.24, 2.45) is 0 Å². The van der Waals surface area contributed by atoms with Crippen LogP contribution in [-0.2, 0) is 18.7 Å². The molecule has 0 radical (unpaired) electrons. The van der Waals surface area contributed by atoms with Crippen LogP contribution in [0.25, 0.3) is 0 Å². The number of phosphoric acid groups is 1. The van der Waals surface area contributed by atoms with Gasteiger partial charge in [0.05, 0.1) is 6.61 Å². The summed E-state index contributed by atoms with van der Waals surface area (Å²) in [6.45, 7) is 3.43. The van der Waals surface area contributed by atoms with Gasteiger partial charge in [-0.1, -0.05) is 168 Å². The van der Waals surface area contributed by atoms with Gasteiger partial charge in [0.15, 0.2) is 11.6 Å². The van der Waals surface area contributed by atoms with Gasteiger partial charge in [-0.3, -0.25) is 14.1 Å². The number of carbonyl (C=O) groups excluding carboxylic acids is 2. The van der Waals surface area contributed by atoms with E-state index in [0.717, 1.165) is 51.4 Å². The molecule has 0 heterocycles. The Hall–Kier alpha value is -0.630. The summed E-state index contributed by atoms with van der Waals surface area (Å²) >= 11 is 0. The van der Waals surface area contributed by atoms with E-state index in [-0.39, 0.29) is 12.8 Å². The van der Waals surface area contributed by atoms with Crippen molar-refractivity contribution in [2.45, 2.75) is 205 Å². The molecule has 0 bridgehead atoms. The van der Waals surface area contributed by atoms with Crippen LogP contribution < -0.4 is 0 Å². The minimum absolute atomic E-state index is 0.154. The zero-order valence-corrected chi connectivity index (χ0v) is 29.3. The standard InChI is InChI=1S/C35H69O8P/c1-3-5-7-9-11-13-15-17-19-21-23-25-27-29-32(37)35(34(39)31-36,43-44(40,41)42)33(38)30-28-26-24-22-20-18-16-14-12-10-8-6-4-2/h34,36,39H,3-31H2,1-2H3,(H2,40,41,42)/t34-/m0/s1. The molecule has 0 saturated carbocycles. The fourth-order valence-corrected chi connectivity index (χ4v) is 6.68. The first kappa shape index (κ1) is 43.4. The molecule has 0 rings (SSSR count). The van der Waals surface area contributed by atoms with E-state index >= 15 is 0 Å². The fourth-order valence-electron chi connectivity index (χ4n) is 5.98. The van der Waals surface area contributed by atoms with Gasteiger partial charge in [0, 0.05) is 12.8 Å². The molecular weight excluding hydrogens is 579 g/mol. The van der Waals surface area contributed by atoms with E-state index in [1.54, 1.807) is 0 Å². The van der Waals surface area contributed by atoms with Crippen LogP contribution in [0.2, 0.25) is 0 Å². The molecule has 262 valence electrons. The Morgan fingerprint density at radius 3 is 1.02 bits per heavy atom. The van der Waals surface area contributed by atoms with E-state index in [9.17, 15) is 34.2 Å². The highest BCUT2D eigenvalue weighted by molar-refractivity contribution is 7.46. The van der Waals surface area contributed by atoms with Gasteiger partial charge in [0.25, 0.3) is 0 Å². The number of ketones is 2. The molecule has 1 atom stereocenters. The molecule has 8 nitrogen and oxygen atoms in total. The highest BCUT2D eigenvalue weighted by Gasteiger charge is 2.55. The average molecular weight is 649 g/mol. The molecule has 0 fully saturated rings. The summed E-state index contributed by atoms with van der Waals surface area (Å²) in [5, 5.41) is 20.2. The van der Waals surface area contributed by atoms with E-state index in [4.69, 9.17) is 4.52 Å². The van der Waals surface area contributed by atoms with E-state index in [1.807, 2.05) is 0 Å². The number of hydrogen-bond acceptors (Lipinski definition) is 6. The first-order valence-electron chi connectivity index (χ1n) is 18.3. The number of aliphatic hydroxyl groups is 2. The summed E-state index contributed by atoms with van der Waals surface area (Å²) in [7, 11) is -5.32. The zero-order chi connectivity index (χ0) is 32.9. The zero-order valence-electron chi connectivity index (χ0n) is 28.5. The molecule has 0 aromatic rings. The van der Waals surface area contributed by atoms with Gasteiger partial charge < -0.3 is 20.0 Å². The summed E-state index contributed by atoms with van der Waals surface area (Å²) in [5.41, 5.74) is -2.75. The van der Waals surface area contributed by atoms with Crippen molar-refractivity contribution in [1.29, 1.82) is 0 Å². The van der Waals surface area contributed by atoms with Crippen molar-refractivity contribution in [3.63, 3.8) is 0 Å². The van der Waals surface area contributed by atoms with Crippen LogP contribution in [0.3, 0.4) is 0 Å². The Morgan fingerprint density at radius 2 is 0.795 bits per heavy atom. The largest absolute Gasteiger partial charge is 0.471 e. The Morgan fingerprint density at radius 1 is 0.545 bits per heavy atom. The minimum atomic E-state index is -5.32. The molecule has 0 spiro atoms. The first-order chi connectivity index (χ1) is 21.2. The van der Waals surface area contributed by atoms with E-state index < -0.39 is 37.7 Å². The van der Waals surface area contributed by atoms with Gasteiger partial charge in [-0.2, -0.15) is 0 Å². The maximum atomic E-state index is 13.3. The molecule has 0 aliphatic rings. The Balaban J connectivity index is 4.54. The number of hydrogen-bond donors (Lipinski definition) is 4. The third kappa shape index (κ3) is 22.0. The number of phosphoric ester groups is 1. The predicted molar refractivity (Wildman–Crippen MR) is 180 cm³/mol. The van der Waals surface area contributed by atoms with Crippen LogP contribution in [-0.4, -0.2) is 49.9 Å². The second-order valence-corrected chi connectivity index (χ2v) is 14.0. The molecule has 9 heteroatoms. The molecule has 44 heavy (non-hydrogen) atoms. The van der Waals surface area contributed by atoms with Gasteiger partial charge in [-0.05, 0) is 12.8 Å². The van der Waals surface area contributed by atoms with Gasteiger partial charge in [0.2, 0.25) is 5.60 Å². The fraction of sp³-hybridized carbons (Fsp3) is 0.943. The van der Waals surface area contributed by atoms with E-state index in [2.05, 4.69) is 13.8 Å². The minimum Gasteiger partial charge on any atom is -0.394 e. The Bertz CT molecular complexity index is 696. The number of unbranched alkanes of at least 4 members (excludes halogenated alkanes) is 24. The second kappa shape index (κ2) is 28.6. The lowest BCUT2D eigenvalue weighted by Crippen LogP contribution is -2.58. The van der Waals surface area contributed by atoms with Gasteiger partial charge >= 0.3 is 7.82 Å². The Labute approximate surface area is 269 Å². The van der Waals surface area contributed by atoms with Crippen molar-refractivity contribution in [3.05, 3.63) is 0 Å². The lowest BCUT2D eigenvalue weighted by molar-refractivity contribution is -0.164. The number of aliphatic hydroxyl groups excluding tert-OH is 2. The molecule has 0 aliphatic carbocycles. The van der Waals surface area contributed by atoms with Crippen LogP contribution in [0.5, 0.6) is 0 Å². The molecule has 0 aliphatic heterocycles. The molecule has 0 unspecified atom stereocenters. The van der Waals surface area contributed by atoms with Crippen molar-refractivity contribution < 1.29 is 38.7 Å². The summed E-state index contributed by atoms with van der Waals surface area (Å²) < 4.78 is 16.6. The summed E-state index contributed by atoms with van der Waals surface area (Å²) in [5.74, 6) is -1.74. The summed E-state index contributed by atoms with van der Waals surface area (Å²) in [6, 6.07) is 0. The second-order valence-electron chi connectivity index (χ2n) is 12.8. The van der Waals surface area contributed by atoms with Crippen LogP contribution in [0.1, 0.15) is 194 Å². The topological polar surface area (TPSA) is 141 Å². The molecule has 0 aromatic carbocycles. The lowest BCUT2D eigenvalue weighted by Gasteiger charge is -2.34. The lowest BCUT2D eigenvalue weighted by atomic mass is 9.82. The third-order valence-corrected chi connectivity index (χ3v) is 9.27. The van der Waals surface area contributed by atoms with Crippen LogP contribution >= 0.6 is 7.82 Å². The molecule has 0 aromatic heterocycles. The number of carbonyl (C=O) groups is 2. The average Bonchev–Trinajstić information content (AvgIpc) is 2.99. The van der Waals surface area contributed by atoms with Gasteiger partial charge in [-0.25, -0.2) is 4.57 Å². The molecule has 0 amide bonds. The smallest absolute Gasteiger partial charge is 0.394 e. The number of rotatable bonds is 34. The van der Waals surface area contributed by atoms with Gasteiger partial charge in [-0.15, -0.1) is 0 Å². The predicted octanol–water partition coefficient (Wildman–Crippen LogP) is 9.29. The summed E-state index contributed by atoms with van der Waals surface area (Å²) in [6.07, 6.45) is 26.7. The van der Waals surface area contributed by atoms with Crippen molar-refractivity contribution in [1.82, 2.24) is 0 Å². The van der Waals surface area contributed by atoms with Crippen molar-refractivity contribution in [3.8, 4) is 0 Å². The van der Waals surface area contributed by atoms with Crippen LogP contribution in [0.4, 0.5) is 0 Å². The van der Waals surface area contributed by atoms with Crippen molar-refractivity contribution >= 4 is 19.4 Å². The Kier molecular flexibility index (Phi) is 28.2. The maximum absolute atomic E-state index is 13.3. The third-order valence-electron chi connectivity index (χ3n) is 8.75. The van der Waals surface area contributed by atoms with Crippen LogP contribution in [0, 0.1) is 0 Å². The molecule has 0 saturated heterocycles. The maximum Gasteiger partial charge on any atom is 0.471 e.